The number of hydrogen-bond donors (Lipinski definition) is 2. The molecule has 1 rings (SSSR count). The minimum Gasteiger partial charge on any atom is -0.351 e. The van der Waals surface area contributed by atoms with Gasteiger partial charge >= 0.3 is 0 Å². The molecule has 0 radical (unpaired) electrons. The van der Waals surface area contributed by atoms with E-state index in [2.05, 4.69) is 24.1 Å². The molecule has 0 saturated carbocycles. The standard InChI is InChI=1S/C12H19N3O.2ClH/c1-9(2)7-11(13)12(16)15-8-10-3-5-14-6-4-10;;/h3-6,9,11H,7-8,13H2,1-2H3,(H,15,16);2*1H/t11-;;/m0../s1. The summed E-state index contributed by atoms with van der Waals surface area (Å²) < 4.78 is 0. The highest BCUT2D eigenvalue weighted by Crippen LogP contribution is 2.03. The van der Waals surface area contributed by atoms with Crippen molar-refractivity contribution in [3.8, 4) is 0 Å². The van der Waals surface area contributed by atoms with E-state index in [1.165, 1.54) is 0 Å². The molecule has 1 aromatic rings. The summed E-state index contributed by atoms with van der Waals surface area (Å²) in [6, 6.07) is 3.32. The third-order valence-electron chi connectivity index (χ3n) is 2.28. The Hall–Kier alpha value is -0.840. The van der Waals surface area contributed by atoms with Crippen LogP contribution in [0.5, 0.6) is 0 Å². The third-order valence-corrected chi connectivity index (χ3v) is 2.28. The SMILES string of the molecule is CC(C)C[C@H](N)C(=O)NCc1ccncc1.Cl.Cl. The monoisotopic (exact) mass is 293 g/mol. The first-order valence-corrected chi connectivity index (χ1v) is 5.51. The lowest BCUT2D eigenvalue weighted by molar-refractivity contribution is -0.122. The van der Waals surface area contributed by atoms with Gasteiger partial charge in [0.1, 0.15) is 0 Å². The maximum atomic E-state index is 11.6. The van der Waals surface area contributed by atoms with E-state index < -0.39 is 6.04 Å². The molecule has 3 N–H and O–H groups in total. The van der Waals surface area contributed by atoms with Crippen LogP contribution < -0.4 is 11.1 Å². The van der Waals surface area contributed by atoms with Gasteiger partial charge in [-0.25, -0.2) is 0 Å². The number of carbonyl (C=O) groups excluding carboxylic acids is 1. The number of nitrogens with zero attached hydrogens (tertiary/aromatic N) is 1. The van der Waals surface area contributed by atoms with Crippen LogP contribution in [0.15, 0.2) is 24.5 Å². The van der Waals surface area contributed by atoms with Crippen molar-refractivity contribution in [2.24, 2.45) is 11.7 Å². The first kappa shape index (κ1) is 19.5. The summed E-state index contributed by atoms with van der Waals surface area (Å²) in [5.74, 6) is 0.340. The normalized spacial score (nSPS) is 11.1. The number of rotatable bonds is 5. The molecule has 0 unspecified atom stereocenters. The number of hydrogen-bond acceptors (Lipinski definition) is 3. The van der Waals surface area contributed by atoms with Crippen molar-refractivity contribution in [1.82, 2.24) is 10.3 Å². The van der Waals surface area contributed by atoms with Crippen LogP contribution in [0, 0.1) is 5.92 Å². The number of amides is 1. The highest BCUT2D eigenvalue weighted by Gasteiger charge is 2.14. The zero-order chi connectivity index (χ0) is 12.0. The van der Waals surface area contributed by atoms with Crippen molar-refractivity contribution >= 4 is 30.7 Å². The second-order valence-corrected chi connectivity index (χ2v) is 4.31. The number of carbonyl (C=O) groups is 1. The zero-order valence-electron chi connectivity index (χ0n) is 10.6. The molecule has 0 saturated heterocycles. The fourth-order valence-electron chi connectivity index (χ4n) is 1.44. The maximum Gasteiger partial charge on any atom is 0.237 e. The van der Waals surface area contributed by atoms with Crippen molar-refractivity contribution in [2.75, 3.05) is 0 Å². The van der Waals surface area contributed by atoms with Gasteiger partial charge in [-0.1, -0.05) is 13.8 Å². The molecule has 4 nitrogen and oxygen atoms in total. The van der Waals surface area contributed by atoms with Gasteiger partial charge in [0.25, 0.3) is 0 Å². The molecule has 18 heavy (non-hydrogen) atoms. The molecule has 0 aliphatic heterocycles. The fraction of sp³-hybridized carbons (Fsp3) is 0.500. The molecule has 6 heteroatoms. The van der Waals surface area contributed by atoms with Gasteiger partial charge in [0.2, 0.25) is 5.91 Å². The van der Waals surface area contributed by atoms with E-state index >= 15 is 0 Å². The minimum absolute atomic E-state index is 0. The molecule has 1 amide bonds. The summed E-state index contributed by atoms with van der Waals surface area (Å²) >= 11 is 0. The lowest BCUT2D eigenvalue weighted by atomic mass is 10.0. The van der Waals surface area contributed by atoms with Crippen molar-refractivity contribution in [3.05, 3.63) is 30.1 Å². The zero-order valence-corrected chi connectivity index (χ0v) is 12.3. The van der Waals surface area contributed by atoms with Crippen LogP contribution in [0.1, 0.15) is 25.8 Å². The summed E-state index contributed by atoms with van der Waals surface area (Å²) in [6.45, 7) is 4.61. The van der Waals surface area contributed by atoms with Crippen molar-refractivity contribution < 1.29 is 4.79 Å². The lowest BCUT2D eigenvalue weighted by Crippen LogP contribution is -2.41. The van der Waals surface area contributed by atoms with Gasteiger partial charge in [-0.3, -0.25) is 9.78 Å². The van der Waals surface area contributed by atoms with Gasteiger partial charge in [0.05, 0.1) is 6.04 Å². The van der Waals surface area contributed by atoms with E-state index in [0.717, 1.165) is 5.56 Å². The molecular weight excluding hydrogens is 273 g/mol. The van der Waals surface area contributed by atoms with Crippen LogP contribution in [0.3, 0.4) is 0 Å². The minimum atomic E-state index is -0.415. The van der Waals surface area contributed by atoms with E-state index in [9.17, 15) is 4.79 Å². The van der Waals surface area contributed by atoms with Gasteiger partial charge in [-0.15, -0.1) is 24.8 Å². The van der Waals surface area contributed by atoms with E-state index in [4.69, 9.17) is 5.73 Å². The molecular formula is C12H21Cl2N3O. The predicted octanol–water partition coefficient (Wildman–Crippen LogP) is 1.91. The van der Waals surface area contributed by atoms with Crippen LogP contribution >= 0.6 is 24.8 Å². The summed E-state index contributed by atoms with van der Waals surface area (Å²) in [7, 11) is 0. The first-order chi connectivity index (χ1) is 7.59. The van der Waals surface area contributed by atoms with Crippen molar-refractivity contribution in [2.45, 2.75) is 32.9 Å². The second-order valence-electron chi connectivity index (χ2n) is 4.31. The van der Waals surface area contributed by atoms with Crippen LogP contribution in [-0.4, -0.2) is 16.9 Å². The number of halogens is 2. The van der Waals surface area contributed by atoms with Crippen molar-refractivity contribution in [1.29, 1.82) is 0 Å². The van der Waals surface area contributed by atoms with Crippen molar-refractivity contribution in [3.63, 3.8) is 0 Å². The number of aromatic nitrogens is 1. The molecule has 1 atom stereocenters. The van der Waals surface area contributed by atoms with Crippen LogP contribution in [0.4, 0.5) is 0 Å². The molecule has 0 aliphatic rings. The van der Waals surface area contributed by atoms with Gasteiger partial charge in [0.15, 0.2) is 0 Å². The maximum absolute atomic E-state index is 11.6. The summed E-state index contributed by atoms with van der Waals surface area (Å²) in [6.07, 6.45) is 4.12. The average Bonchev–Trinajstić information content (AvgIpc) is 2.26. The summed E-state index contributed by atoms with van der Waals surface area (Å²) in [5.41, 5.74) is 6.79. The highest BCUT2D eigenvalue weighted by atomic mass is 35.5. The molecule has 0 aliphatic carbocycles. The van der Waals surface area contributed by atoms with E-state index in [1.54, 1.807) is 12.4 Å². The topological polar surface area (TPSA) is 68.0 Å². The van der Waals surface area contributed by atoms with Gasteiger partial charge in [-0.05, 0) is 30.0 Å². The van der Waals surface area contributed by atoms with Gasteiger partial charge < -0.3 is 11.1 Å². The highest BCUT2D eigenvalue weighted by molar-refractivity contribution is 5.85. The molecule has 104 valence electrons. The molecule has 1 heterocycles. The third kappa shape index (κ3) is 7.48. The Balaban J connectivity index is 0. The van der Waals surface area contributed by atoms with E-state index in [1.807, 2.05) is 12.1 Å². The number of pyridine rings is 1. The van der Waals surface area contributed by atoms with Gasteiger partial charge in [-0.2, -0.15) is 0 Å². The molecule has 0 fully saturated rings. The van der Waals surface area contributed by atoms with E-state index in [-0.39, 0.29) is 30.7 Å². The lowest BCUT2D eigenvalue weighted by Gasteiger charge is -2.13. The quantitative estimate of drug-likeness (QED) is 0.871. The van der Waals surface area contributed by atoms with Crippen LogP contribution in [0.25, 0.3) is 0 Å². The summed E-state index contributed by atoms with van der Waals surface area (Å²) in [4.78, 5) is 15.5. The van der Waals surface area contributed by atoms with Crippen LogP contribution in [0.2, 0.25) is 0 Å². The number of nitrogens with one attached hydrogen (secondary N) is 1. The van der Waals surface area contributed by atoms with Gasteiger partial charge in [0, 0.05) is 18.9 Å². The second kappa shape index (κ2) is 10.1. The number of nitrogens with two attached hydrogens (primary N) is 1. The van der Waals surface area contributed by atoms with E-state index in [0.29, 0.717) is 18.9 Å². The Morgan fingerprint density at radius 1 is 1.33 bits per heavy atom. The average molecular weight is 294 g/mol. The Labute approximate surface area is 121 Å². The molecule has 0 spiro atoms. The largest absolute Gasteiger partial charge is 0.351 e. The fourth-order valence-corrected chi connectivity index (χ4v) is 1.44. The summed E-state index contributed by atoms with van der Waals surface area (Å²) in [5, 5.41) is 2.81. The molecule has 1 aromatic heterocycles. The Bertz CT molecular complexity index is 333. The molecule has 0 aromatic carbocycles. The Kier molecular flexibility index (Phi) is 11.0. The Morgan fingerprint density at radius 3 is 2.39 bits per heavy atom. The predicted molar refractivity (Wildman–Crippen MR) is 78.0 cm³/mol. The first-order valence-electron chi connectivity index (χ1n) is 5.51. The van der Waals surface area contributed by atoms with Crippen LogP contribution in [-0.2, 0) is 11.3 Å². The smallest absolute Gasteiger partial charge is 0.237 e. The molecule has 0 bridgehead atoms. The Morgan fingerprint density at radius 2 is 1.89 bits per heavy atom.